The molecule has 1 saturated carbocycles. The fourth-order valence-electron chi connectivity index (χ4n) is 9.82. The number of phenolic OH excluding ortho intramolecular Hbond substituents is 1. The molecular weight excluding hydrogens is 670 g/mol. The van der Waals surface area contributed by atoms with Crippen LogP contribution in [-0.4, -0.2) is 84.5 Å². The van der Waals surface area contributed by atoms with Crippen molar-refractivity contribution in [3.63, 3.8) is 0 Å². The number of hydrogen-bond donors (Lipinski definition) is 2. The van der Waals surface area contributed by atoms with E-state index in [4.69, 9.17) is 0 Å². The molecule has 3 saturated heterocycles. The largest absolute Gasteiger partial charge is 0.508 e. The summed E-state index contributed by atoms with van der Waals surface area (Å²) in [5.74, 6) is 0.963. The Kier molecular flexibility index (Phi) is 8.96. The van der Waals surface area contributed by atoms with Crippen LogP contribution in [0.2, 0.25) is 0 Å². The lowest BCUT2D eigenvalue weighted by Crippen LogP contribution is -2.52. The topological polar surface area (TPSA) is 96.4 Å². The third kappa shape index (κ3) is 6.49. The number of piperidine rings is 2. The lowest BCUT2D eigenvalue weighted by Gasteiger charge is -2.41. The summed E-state index contributed by atoms with van der Waals surface area (Å²) in [4.78, 5) is 46.0. The van der Waals surface area contributed by atoms with Gasteiger partial charge in [-0.1, -0.05) is 30.7 Å². The number of piperazine rings is 1. The van der Waals surface area contributed by atoms with Crippen LogP contribution in [0, 0.1) is 23.6 Å². The predicted molar refractivity (Wildman–Crippen MR) is 202 cm³/mol. The first-order valence-corrected chi connectivity index (χ1v) is 19.6. The Morgan fingerprint density at radius 3 is 2.38 bits per heavy atom. The van der Waals surface area contributed by atoms with Crippen LogP contribution in [0.25, 0.3) is 6.08 Å². The molecular formula is C43H48FN5O4. The van der Waals surface area contributed by atoms with Crippen molar-refractivity contribution in [2.75, 3.05) is 55.6 Å². The quantitative estimate of drug-likeness (QED) is 0.294. The van der Waals surface area contributed by atoms with Gasteiger partial charge in [0.05, 0.1) is 5.69 Å². The molecule has 0 aromatic heterocycles. The smallest absolute Gasteiger partial charge is 0.255 e. The lowest BCUT2D eigenvalue weighted by molar-refractivity contribution is -0.136. The second kappa shape index (κ2) is 13.9. The SMILES string of the molecule is O=C1CCC(N2Cc3cc(N4CCN(CC5CCN(c6ccc([C@@H]7c8ccc(O)cc8C=C[C@@H]7C7CCC7)cc6F)CC5)CC4)ccc3C2=O)C(=O)N1. The van der Waals surface area contributed by atoms with Gasteiger partial charge in [-0.05, 0) is 115 Å². The maximum atomic E-state index is 16.0. The zero-order valence-electron chi connectivity index (χ0n) is 30.2. The summed E-state index contributed by atoms with van der Waals surface area (Å²) in [6.45, 7) is 6.89. The number of phenols is 1. The molecule has 3 aromatic carbocycles. The van der Waals surface area contributed by atoms with E-state index >= 15 is 4.39 Å². The van der Waals surface area contributed by atoms with Crippen LogP contribution in [0.4, 0.5) is 15.8 Å². The third-order valence-electron chi connectivity index (χ3n) is 13.0. The van der Waals surface area contributed by atoms with Gasteiger partial charge in [0.25, 0.3) is 5.91 Å². The Morgan fingerprint density at radius 2 is 1.64 bits per heavy atom. The molecule has 0 bridgehead atoms. The van der Waals surface area contributed by atoms with Gasteiger partial charge in [0.15, 0.2) is 0 Å². The maximum Gasteiger partial charge on any atom is 0.255 e. The second-order valence-corrected chi connectivity index (χ2v) is 16.1. The molecule has 10 heteroatoms. The summed E-state index contributed by atoms with van der Waals surface area (Å²) in [5, 5.41) is 12.5. The average molecular weight is 718 g/mol. The average Bonchev–Trinajstić information content (AvgIpc) is 3.46. The number of anilines is 2. The van der Waals surface area contributed by atoms with Crippen LogP contribution >= 0.6 is 0 Å². The van der Waals surface area contributed by atoms with Crippen LogP contribution in [0.1, 0.15) is 83.5 Å². The molecule has 3 aromatic rings. The number of nitrogens with one attached hydrogen (secondary N) is 1. The van der Waals surface area contributed by atoms with Gasteiger partial charge >= 0.3 is 0 Å². The number of halogens is 1. The van der Waals surface area contributed by atoms with Gasteiger partial charge in [0.2, 0.25) is 11.8 Å². The van der Waals surface area contributed by atoms with E-state index in [1.54, 1.807) is 17.0 Å². The van der Waals surface area contributed by atoms with Crippen LogP contribution in [0.5, 0.6) is 5.75 Å². The van der Waals surface area contributed by atoms with Crippen molar-refractivity contribution in [2.45, 2.75) is 63.5 Å². The van der Waals surface area contributed by atoms with Crippen molar-refractivity contribution in [3.05, 3.63) is 94.3 Å². The van der Waals surface area contributed by atoms with Crippen molar-refractivity contribution in [1.29, 1.82) is 0 Å². The summed E-state index contributed by atoms with van der Waals surface area (Å²) in [5.41, 5.74) is 6.62. The van der Waals surface area contributed by atoms with Gasteiger partial charge in [-0.2, -0.15) is 0 Å². The minimum absolute atomic E-state index is 0.0953. The number of nitrogens with zero attached hydrogens (tertiary/aromatic N) is 4. The van der Waals surface area contributed by atoms with Gasteiger partial charge in [-0.15, -0.1) is 0 Å². The number of carbonyl (C=O) groups is 3. The highest BCUT2D eigenvalue weighted by Gasteiger charge is 2.40. The molecule has 9 nitrogen and oxygen atoms in total. The minimum Gasteiger partial charge on any atom is -0.508 e. The van der Waals surface area contributed by atoms with Crippen molar-refractivity contribution in [1.82, 2.24) is 15.1 Å². The second-order valence-electron chi connectivity index (χ2n) is 16.1. The molecule has 4 heterocycles. The Bertz CT molecular complexity index is 1960. The zero-order valence-corrected chi connectivity index (χ0v) is 30.2. The molecule has 2 aliphatic carbocycles. The molecule has 3 amide bonds. The number of hydrogen-bond acceptors (Lipinski definition) is 7. The Hall–Kier alpha value is -4.70. The Labute approximate surface area is 310 Å². The Morgan fingerprint density at radius 1 is 0.830 bits per heavy atom. The summed E-state index contributed by atoms with van der Waals surface area (Å²) in [6.07, 6.45) is 10.8. The third-order valence-corrected chi connectivity index (χ3v) is 13.0. The van der Waals surface area contributed by atoms with Gasteiger partial charge in [-0.3, -0.25) is 24.6 Å². The van der Waals surface area contributed by atoms with Gasteiger partial charge in [-0.25, -0.2) is 4.39 Å². The van der Waals surface area contributed by atoms with E-state index in [1.807, 2.05) is 30.3 Å². The standard InChI is InChI=1S/C43H48FN5O4/c44-37-24-30(41-34(28-2-1-3-28)8-4-29-23-33(50)7-10-35(29)41)5-11-38(37)48-16-14-27(15-17-48)25-46-18-20-47(21-19-46)32-6-9-36-31(22-32)26-49(43(36)53)39-12-13-40(51)45-42(39)52/h4-11,22-24,27-28,34,39,41,50H,1-3,12-21,25-26H2,(H,45,51,52)/t34-,39?,41+/m1/s1. The van der Waals surface area contributed by atoms with E-state index in [9.17, 15) is 19.5 Å². The first kappa shape index (κ1) is 34.1. The predicted octanol–water partition coefficient (Wildman–Crippen LogP) is 5.91. The first-order valence-electron chi connectivity index (χ1n) is 19.6. The van der Waals surface area contributed by atoms with Gasteiger partial charge < -0.3 is 19.8 Å². The van der Waals surface area contributed by atoms with E-state index in [2.05, 4.69) is 44.3 Å². The van der Waals surface area contributed by atoms with Crippen molar-refractivity contribution in [3.8, 4) is 5.75 Å². The van der Waals surface area contributed by atoms with E-state index in [1.165, 1.54) is 24.8 Å². The molecule has 6 aliphatic rings. The van der Waals surface area contributed by atoms with Crippen LogP contribution < -0.4 is 15.1 Å². The van der Waals surface area contributed by atoms with Crippen molar-refractivity contribution >= 4 is 35.2 Å². The summed E-state index contributed by atoms with van der Waals surface area (Å²) < 4.78 is 16.0. The van der Waals surface area contributed by atoms with Crippen LogP contribution in [0.3, 0.4) is 0 Å². The molecule has 53 heavy (non-hydrogen) atoms. The highest BCUT2D eigenvalue weighted by atomic mass is 19.1. The number of amides is 3. The molecule has 2 N–H and O–H groups in total. The number of aromatic hydroxyl groups is 1. The van der Waals surface area contributed by atoms with Gasteiger partial charge in [0.1, 0.15) is 17.6 Å². The minimum atomic E-state index is -0.601. The van der Waals surface area contributed by atoms with Crippen LogP contribution in [-0.2, 0) is 16.1 Å². The van der Waals surface area contributed by atoms with E-state index in [-0.39, 0.29) is 41.6 Å². The molecule has 276 valence electrons. The monoisotopic (exact) mass is 717 g/mol. The lowest BCUT2D eigenvalue weighted by atomic mass is 9.64. The van der Waals surface area contributed by atoms with Crippen molar-refractivity contribution in [2.24, 2.45) is 17.8 Å². The molecule has 9 rings (SSSR count). The van der Waals surface area contributed by atoms with E-state index < -0.39 is 6.04 Å². The number of rotatable bonds is 7. The number of fused-ring (bicyclic) bond motifs is 2. The van der Waals surface area contributed by atoms with Gasteiger partial charge in [0, 0.05) is 75.9 Å². The number of benzene rings is 3. The number of carbonyl (C=O) groups excluding carboxylic acids is 3. The summed E-state index contributed by atoms with van der Waals surface area (Å²) in [7, 11) is 0. The molecule has 1 unspecified atom stereocenters. The fraction of sp³-hybridized carbons (Fsp3) is 0.465. The number of imide groups is 1. The molecule has 4 fully saturated rings. The van der Waals surface area contributed by atoms with E-state index in [0.29, 0.717) is 42.0 Å². The Balaban J connectivity index is 0.783. The molecule has 4 aliphatic heterocycles. The normalized spacial score (nSPS) is 25.3. The molecule has 0 radical (unpaired) electrons. The van der Waals surface area contributed by atoms with E-state index in [0.717, 1.165) is 81.0 Å². The number of allylic oxidation sites excluding steroid dienone is 1. The highest BCUT2D eigenvalue weighted by molar-refractivity contribution is 6.05. The summed E-state index contributed by atoms with van der Waals surface area (Å²) >= 11 is 0. The molecule has 3 atom stereocenters. The van der Waals surface area contributed by atoms with Crippen molar-refractivity contribution < 1.29 is 23.9 Å². The van der Waals surface area contributed by atoms with Crippen LogP contribution in [0.15, 0.2) is 60.7 Å². The maximum absolute atomic E-state index is 16.0. The first-order chi connectivity index (χ1) is 25.8. The zero-order chi connectivity index (χ0) is 36.2. The molecule has 0 spiro atoms. The highest BCUT2D eigenvalue weighted by Crippen LogP contribution is 2.49. The fourth-order valence-corrected chi connectivity index (χ4v) is 9.82. The summed E-state index contributed by atoms with van der Waals surface area (Å²) in [6, 6.07) is 16.9.